The van der Waals surface area contributed by atoms with Gasteiger partial charge in [-0.05, 0) is 67.4 Å². The first-order valence-corrected chi connectivity index (χ1v) is 16.1. The van der Waals surface area contributed by atoms with E-state index in [1.54, 1.807) is 18.9 Å². The van der Waals surface area contributed by atoms with Crippen molar-refractivity contribution in [3.05, 3.63) is 95.6 Å². The van der Waals surface area contributed by atoms with Gasteiger partial charge in [-0.15, -0.1) is 11.8 Å². The Morgan fingerprint density at radius 2 is 1.55 bits per heavy atom. The van der Waals surface area contributed by atoms with Gasteiger partial charge < -0.3 is 10.1 Å². The number of nitrogens with one attached hydrogen (secondary N) is 1. The third-order valence-corrected chi connectivity index (χ3v) is 8.27. The topological polar surface area (TPSA) is 78.9 Å². The molecular formula is C30H38N2O4S2. The van der Waals surface area contributed by atoms with Crippen LogP contribution in [0.5, 0.6) is 5.75 Å². The van der Waals surface area contributed by atoms with Gasteiger partial charge in [0, 0.05) is 35.0 Å². The minimum Gasteiger partial charge on any atom is -0.496 e. The van der Waals surface area contributed by atoms with Gasteiger partial charge in [0.25, 0.3) is 10.1 Å². The lowest BCUT2D eigenvalue weighted by Gasteiger charge is -2.54. The molecule has 6 nitrogen and oxygen atoms in total. The average Bonchev–Trinajstić information content (AvgIpc) is 2.93. The lowest BCUT2D eigenvalue weighted by atomic mass is 9.70. The van der Waals surface area contributed by atoms with E-state index in [1.807, 2.05) is 0 Å². The summed E-state index contributed by atoms with van der Waals surface area (Å²) in [6.45, 7) is 3.24. The van der Waals surface area contributed by atoms with Crippen LogP contribution in [0, 0.1) is 5.92 Å². The van der Waals surface area contributed by atoms with Crippen LogP contribution in [0.3, 0.4) is 0 Å². The van der Waals surface area contributed by atoms with Crippen molar-refractivity contribution in [3.8, 4) is 5.75 Å². The number of nitrogens with zero attached hydrogens (tertiary/aromatic N) is 1. The van der Waals surface area contributed by atoms with E-state index >= 15 is 0 Å². The summed E-state index contributed by atoms with van der Waals surface area (Å²) < 4.78 is 31.6. The van der Waals surface area contributed by atoms with Crippen molar-refractivity contribution >= 4 is 21.9 Å². The number of hydrogen-bond acceptors (Lipinski definition) is 6. The SMILES string of the molecule is COc1ccc(SC)cc1CN[C@H]1C2CCN(CC2)[C@H]1C(c1ccccc1)c1ccccc1.CS(=O)(=O)O. The highest BCUT2D eigenvalue weighted by Crippen LogP contribution is 2.42. The van der Waals surface area contributed by atoms with Crippen molar-refractivity contribution in [3.63, 3.8) is 0 Å². The van der Waals surface area contributed by atoms with E-state index in [2.05, 4.69) is 95.3 Å². The van der Waals surface area contributed by atoms with E-state index in [0.717, 1.165) is 12.3 Å². The Kier molecular flexibility index (Phi) is 9.90. The normalized spacial score (nSPS) is 22.6. The van der Waals surface area contributed by atoms with Crippen molar-refractivity contribution in [2.45, 2.75) is 42.3 Å². The number of fused-ring (bicyclic) bond motifs is 3. The molecule has 0 spiro atoms. The molecule has 3 fully saturated rings. The third kappa shape index (κ3) is 7.39. The molecule has 0 aliphatic carbocycles. The molecule has 204 valence electrons. The molecule has 3 heterocycles. The molecule has 3 aromatic carbocycles. The second-order valence-electron chi connectivity index (χ2n) is 9.98. The summed E-state index contributed by atoms with van der Waals surface area (Å²) in [5.41, 5.74) is 4.07. The van der Waals surface area contributed by atoms with Gasteiger partial charge in [0.2, 0.25) is 0 Å². The maximum Gasteiger partial charge on any atom is 0.261 e. The van der Waals surface area contributed by atoms with Gasteiger partial charge in [-0.2, -0.15) is 8.42 Å². The van der Waals surface area contributed by atoms with Gasteiger partial charge in [-0.1, -0.05) is 60.7 Å². The van der Waals surface area contributed by atoms with Crippen LogP contribution in [-0.2, 0) is 16.7 Å². The summed E-state index contributed by atoms with van der Waals surface area (Å²) in [5.74, 6) is 2.04. The average molecular weight is 555 g/mol. The Balaban J connectivity index is 0.000000617. The third-order valence-electron chi connectivity index (χ3n) is 7.55. The largest absolute Gasteiger partial charge is 0.496 e. The van der Waals surface area contributed by atoms with Crippen molar-refractivity contribution in [1.82, 2.24) is 10.2 Å². The first-order valence-electron chi connectivity index (χ1n) is 13.0. The number of thioether (sulfide) groups is 1. The molecule has 3 aliphatic rings. The van der Waals surface area contributed by atoms with E-state index in [1.165, 1.54) is 47.5 Å². The quantitative estimate of drug-likeness (QED) is 0.289. The molecule has 38 heavy (non-hydrogen) atoms. The monoisotopic (exact) mass is 554 g/mol. The number of rotatable bonds is 8. The number of hydrogen-bond donors (Lipinski definition) is 2. The maximum absolute atomic E-state index is 9.19. The van der Waals surface area contributed by atoms with Crippen molar-refractivity contribution in [2.24, 2.45) is 5.92 Å². The number of methoxy groups -OCH3 is 1. The van der Waals surface area contributed by atoms with E-state index in [4.69, 9.17) is 9.29 Å². The summed E-state index contributed by atoms with van der Waals surface area (Å²) >= 11 is 1.78. The summed E-state index contributed by atoms with van der Waals surface area (Å²) in [5, 5.41) is 4.03. The van der Waals surface area contributed by atoms with Gasteiger partial charge in [-0.3, -0.25) is 9.45 Å². The smallest absolute Gasteiger partial charge is 0.261 e. The van der Waals surface area contributed by atoms with Crippen LogP contribution in [0.2, 0.25) is 0 Å². The zero-order valence-electron chi connectivity index (χ0n) is 22.3. The van der Waals surface area contributed by atoms with Crippen LogP contribution in [0.1, 0.15) is 35.4 Å². The Hall–Kier alpha value is -2.36. The Labute approximate surface area is 231 Å². The van der Waals surface area contributed by atoms with E-state index in [-0.39, 0.29) is 0 Å². The Bertz CT molecular complexity index is 1220. The molecule has 0 unspecified atom stereocenters. The van der Waals surface area contributed by atoms with Crippen LogP contribution >= 0.6 is 11.8 Å². The molecule has 0 saturated carbocycles. The highest BCUT2D eigenvalue weighted by molar-refractivity contribution is 7.98. The highest BCUT2D eigenvalue weighted by atomic mass is 32.2. The first-order chi connectivity index (χ1) is 18.3. The molecule has 6 rings (SSSR count). The zero-order valence-corrected chi connectivity index (χ0v) is 23.9. The molecule has 2 atom stereocenters. The molecular weight excluding hydrogens is 516 g/mol. The standard InChI is InChI=1S/C29H34N2OS.CH4O3S/c1-32-26-14-13-25(33-2)19-24(26)20-30-28-23-15-17-31(18-16-23)29(28)27(21-9-5-3-6-10-21)22-11-7-4-8-12-22;1-5(2,3)4/h3-14,19,23,27-30H,15-18,20H2,1-2H3;1H3,(H,2,3,4)/t28-,29-;/m0./s1. The van der Waals surface area contributed by atoms with Crippen molar-refractivity contribution in [2.75, 3.05) is 32.7 Å². The van der Waals surface area contributed by atoms with E-state index < -0.39 is 10.1 Å². The fourth-order valence-corrected chi connectivity index (χ4v) is 6.41. The minimum atomic E-state index is -3.67. The van der Waals surface area contributed by atoms with Gasteiger partial charge in [-0.25, -0.2) is 0 Å². The summed E-state index contributed by atoms with van der Waals surface area (Å²) in [6.07, 6.45) is 5.42. The Morgan fingerprint density at radius 3 is 2.05 bits per heavy atom. The van der Waals surface area contributed by atoms with Crippen LogP contribution in [0.15, 0.2) is 83.8 Å². The summed E-state index contributed by atoms with van der Waals surface area (Å²) in [6, 6.07) is 29.6. The highest BCUT2D eigenvalue weighted by Gasteiger charge is 2.46. The van der Waals surface area contributed by atoms with Crippen LogP contribution in [0.25, 0.3) is 0 Å². The van der Waals surface area contributed by atoms with Gasteiger partial charge in [0.05, 0.1) is 13.4 Å². The fraction of sp³-hybridized carbons (Fsp3) is 0.400. The fourth-order valence-electron chi connectivity index (χ4n) is 5.94. The molecule has 3 saturated heterocycles. The van der Waals surface area contributed by atoms with Gasteiger partial charge in [0.1, 0.15) is 5.75 Å². The molecule has 0 amide bonds. The molecule has 0 radical (unpaired) electrons. The summed E-state index contributed by atoms with van der Waals surface area (Å²) in [4.78, 5) is 4.03. The van der Waals surface area contributed by atoms with Crippen LogP contribution in [0.4, 0.5) is 0 Å². The maximum atomic E-state index is 9.19. The molecule has 3 aliphatic heterocycles. The molecule has 8 heteroatoms. The molecule has 2 N–H and O–H groups in total. The van der Waals surface area contributed by atoms with Crippen LogP contribution < -0.4 is 10.1 Å². The summed E-state index contributed by atoms with van der Waals surface area (Å²) in [7, 11) is -1.89. The van der Waals surface area contributed by atoms with Crippen molar-refractivity contribution < 1.29 is 17.7 Å². The minimum absolute atomic E-state index is 0.354. The lowest BCUT2D eigenvalue weighted by Crippen LogP contribution is -2.64. The number of ether oxygens (including phenoxy) is 1. The molecule has 0 aromatic heterocycles. The van der Waals surface area contributed by atoms with Gasteiger partial charge in [0.15, 0.2) is 0 Å². The van der Waals surface area contributed by atoms with Crippen LogP contribution in [-0.4, -0.2) is 62.7 Å². The second-order valence-corrected chi connectivity index (χ2v) is 12.3. The second kappa shape index (κ2) is 13.1. The first kappa shape index (κ1) is 28.6. The predicted octanol–water partition coefficient (Wildman–Crippen LogP) is 5.31. The Morgan fingerprint density at radius 1 is 1.00 bits per heavy atom. The lowest BCUT2D eigenvalue weighted by molar-refractivity contribution is 0.00461. The number of piperidine rings is 3. The van der Waals surface area contributed by atoms with E-state index in [9.17, 15) is 8.42 Å². The zero-order chi connectivity index (χ0) is 27.1. The molecule has 2 bridgehead atoms. The number of benzene rings is 3. The van der Waals surface area contributed by atoms with Crippen molar-refractivity contribution in [1.29, 1.82) is 0 Å². The van der Waals surface area contributed by atoms with Gasteiger partial charge >= 0.3 is 0 Å². The molecule has 3 aromatic rings. The van der Waals surface area contributed by atoms with E-state index in [0.29, 0.717) is 30.2 Å². The predicted molar refractivity (Wildman–Crippen MR) is 156 cm³/mol.